The number of aryl methyl sites for hydroxylation is 1. The van der Waals surface area contributed by atoms with E-state index in [2.05, 4.69) is 26.0 Å². The van der Waals surface area contributed by atoms with Crippen molar-refractivity contribution in [3.8, 4) is 0 Å². The number of halogens is 1. The second-order valence-corrected chi connectivity index (χ2v) is 5.32. The SMILES string of the molecule is O=C(CCCn1nc([N+](=O)[O-])nc1Br)c1cccs1. The number of ketones is 1. The molecule has 0 aliphatic rings. The van der Waals surface area contributed by atoms with Gasteiger partial charge in [-0.3, -0.25) is 4.79 Å². The molecule has 2 heterocycles. The molecule has 0 radical (unpaired) electrons. The maximum Gasteiger partial charge on any atom is 0.492 e. The van der Waals surface area contributed by atoms with Crippen molar-refractivity contribution in [1.82, 2.24) is 14.8 Å². The van der Waals surface area contributed by atoms with Crippen molar-refractivity contribution >= 4 is 39.0 Å². The Balaban J connectivity index is 1.89. The van der Waals surface area contributed by atoms with E-state index in [1.807, 2.05) is 11.4 Å². The van der Waals surface area contributed by atoms with Crippen LogP contribution in [0.3, 0.4) is 0 Å². The summed E-state index contributed by atoms with van der Waals surface area (Å²) in [5.41, 5.74) is 0. The van der Waals surface area contributed by atoms with Gasteiger partial charge in [0.15, 0.2) is 5.78 Å². The van der Waals surface area contributed by atoms with Gasteiger partial charge in [-0.25, -0.2) is 0 Å². The van der Waals surface area contributed by atoms with Crippen molar-refractivity contribution in [2.24, 2.45) is 0 Å². The van der Waals surface area contributed by atoms with Gasteiger partial charge >= 0.3 is 5.95 Å². The molecule has 0 N–H and O–H groups in total. The van der Waals surface area contributed by atoms with Gasteiger partial charge in [0.05, 0.1) is 11.4 Å². The number of carbonyl (C=O) groups excluding carboxylic acids is 1. The summed E-state index contributed by atoms with van der Waals surface area (Å²) < 4.78 is 1.67. The molecule has 0 saturated heterocycles. The van der Waals surface area contributed by atoms with Crippen LogP contribution in [0.2, 0.25) is 0 Å². The molecular formula is C10H9BrN4O3S. The number of nitrogens with zero attached hydrogens (tertiary/aromatic N) is 4. The predicted octanol–water partition coefficient (Wildman–Crippen LogP) is 2.67. The summed E-state index contributed by atoms with van der Waals surface area (Å²) in [6.07, 6.45) is 0.927. The summed E-state index contributed by atoms with van der Waals surface area (Å²) in [7, 11) is 0. The lowest BCUT2D eigenvalue weighted by Gasteiger charge is -1.97. The van der Waals surface area contributed by atoms with Gasteiger partial charge in [-0.15, -0.1) is 11.3 Å². The molecule has 19 heavy (non-hydrogen) atoms. The first-order valence-electron chi connectivity index (χ1n) is 5.39. The third kappa shape index (κ3) is 3.44. The average molecular weight is 345 g/mol. The molecule has 100 valence electrons. The molecule has 9 heteroatoms. The number of aromatic nitrogens is 3. The molecular weight excluding hydrogens is 336 g/mol. The van der Waals surface area contributed by atoms with Crippen molar-refractivity contribution in [1.29, 1.82) is 0 Å². The smallest absolute Gasteiger partial charge is 0.390 e. The Kier molecular flexibility index (Phi) is 4.38. The van der Waals surface area contributed by atoms with Gasteiger partial charge < -0.3 is 10.1 Å². The highest BCUT2D eigenvalue weighted by Crippen LogP contribution is 2.15. The first-order chi connectivity index (χ1) is 9.08. The van der Waals surface area contributed by atoms with Crippen LogP contribution in [0.1, 0.15) is 22.5 Å². The summed E-state index contributed by atoms with van der Waals surface area (Å²) in [4.78, 5) is 26.0. The molecule has 0 amide bonds. The largest absolute Gasteiger partial charge is 0.492 e. The Hall–Kier alpha value is -1.61. The fourth-order valence-corrected chi connectivity index (χ4v) is 2.59. The molecule has 0 unspecified atom stereocenters. The number of hydrogen-bond donors (Lipinski definition) is 0. The Morgan fingerprint density at radius 1 is 1.58 bits per heavy atom. The van der Waals surface area contributed by atoms with Gasteiger partial charge in [-0.2, -0.15) is 4.68 Å². The third-order valence-electron chi connectivity index (χ3n) is 2.35. The lowest BCUT2D eigenvalue weighted by atomic mass is 10.2. The summed E-state index contributed by atoms with van der Waals surface area (Å²) in [6.45, 7) is 0.401. The van der Waals surface area contributed by atoms with Crippen LogP contribution in [-0.4, -0.2) is 25.5 Å². The van der Waals surface area contributed by atoms with Gasteiger partial charge in [0.1, 0.15) is 0 Å². The number of Topliss-reactive ketones (excluding diaryl/α,β-unsaturated/α-hetero) is 1. The van der Waals surface area contributed by atoms with E-state index in [0.29, 0.717) is 24.1 Å². The van der Waals surface area contributed by atoms with Crippen LogP contribution in [0, 0.1) is 10.1 Å². The summed E-state index contributed by atoms with van der Waals surface area (Å²) in [5.74, 6) is -0.378. The fraction of sp³-hybridized carbons (Fsp3) is 0.300. The predicted molar refractivity (Wildman–Crippen MR) is 72.3 cm³/mol. The lowest BCUT2D eigenvalue weighted by molar-refractivity contribution is -0.394. The average Bonchev–Trinajstić information content (AvgIpc) is 2.99. The molecule has 0 fully saturated rings. The zero-order valence-corrected chi connectivity index (χ0v) is 12.1. The van der Waals surface area contributed by atoms with E-state index in [9.17, 15) is 14.9 Å². The summed E-state index contributed by atoms with van der Waals surface area (Å²) in [5, 5.41) is 16.1. The van der Waals surface area contributed by atoms with Crippen molar-refractivity contribution in [3.63, 3.8) is 0 Å². The van der Waals surface area contributed by atoms with E-state index in [-0.39, 0.29) is 5.78 Å². The first kappa shape index (κ1) is 13.8. The van der Waals surface area contributed by atoms with Crippen LogP contribution in [0.5, 0.6) is 0 Å². The van der Waals surface area contributed by atoms with Crippen molar-refractivity contribution in [2.75, 3.05) is 0 Å². The van der Waals surface area contributed by atoms with E-state index < -0.39 is 10.9 Å². The van der Waals surface area contributed by atoms with Crippen molar-refractivity contribution < 1.29 is 9.72 Å². The Morgan fingerprint density at radius 3 is 2.95 bits per heavy atom. The maximum atomic E-state index is 11.7. The second-order valence-electron chi connectivity index (χ2n) is 3.67. The van der Waals surface area contributed by atoms with Gasteiger partial charge in [-0.05, 0) is 27.8 Å². The second kappa shape index (κ2) is 6.02. The molecule has 0 aromatic carbocycles. The Morgan fingerprint density at radius 2 is 2.37 bits per heavy atom. The topological polar surface area (TPSA) is 90.9 Å². The highest BCUT2D eigenvalue weighted by atomic mass is 79.9. The zero-order chi connectivity index (χ0) is 13.8. The number of thiophene rings is 1. The molecule has 2 aromatic rings. The van der Waals surface area contributed by atoms with Crippen LogP contribution in [0.4, 0.5) is 5.95 Å². The standard InChI is InChI=1S/C10H9BrN4O3S/c11-9-12-10(15(17)18)13-14(9)5-1-3-7(16)8-4-2-6-19-8/h2,4,6H,1,3,5H2. The Bertz CT molecular complexity index is 596. The highest BCUT2D eigenvalue weighted by molar-refractivity contribution is 9.10. The first-order valence-corrected chi connectivity index (χ1v) is 7.06. The van der Waals surface area contributed by atoms with Gasteiger partial charge in [0.25, 0.3) is 4.73 Å². The van der Waals surface area contributed by atoms with E-state index in [0.717, 1.165) is 4.88 Å². The van der Waals surface area contributed by atoms with E-state index in [1.54, 1.807) is 6.07 Å². The summed E-state index contributed by atoms with van der Waals surface area (Å²) in [6, 6.07) is 3.61. The van der Waals surface area contributed by atoms with E-state index >= 15 is 0 Å². The molecule has 2 aromatic heterocycles. The molecule has 0 aliphatic heterocycles. The fourth-order valence-electron chi connectivity index (χ4n) is 1.48. The zero-order valence-electron chi connectivity index (χ0n) is 9.65. The normalized spacial score (nSPS) is 10.6. The monoisotopic (exact) mass is 344 g/mol. The molecule has 0 saturated carbocycles. The van der Waals surface area contributed by atoms with Gasteiger partial charge in [-0.1, -0.05) is 6.07 Å². The summed E-state index contributed by atoms with van der Waals surface area (Å²) >= 11 is 4.50. The third-order valence-corrected chi connectivity index (χ3v) is 3.85. The van der Waals surface area contributed by atoms with Crippen molar-refractivity contribution in [2.45, 2.75) is 19.4 Å². The van der Waals surface area contributed by atoms with Crippen LogP contribution in [0.25, 0.3) is 0 Å². The molecule has 0 spiro atoms. The number of hydrogen-bond acceptors (Lipinski definition) is 6. The van der Waals surface area contributed by atoms with E-state index in [1.165, 1.54) is 16.0 Å². The highest BCUT2D eigenvalue weighted by Gasteiger charge is 2.19. The molecule has 2 rings (SSSR count). The number of rotatable bonds is 6. The molecule has 0 atom stereocenters. The minimum Gasteiger partial charge on any atom is -0.390 e. The quantitative estimate of drug-likeness (QED) is 0.456. The maximum absolute atomic E-state index is 11.7. The van der Waals surface area contributed by atoms with Crippen molar-refractivity contribution in [3.05, 3.63) is 37.2 Å². The number of carbonyl (C=O) groups is 1. The van der Waals surface area contributed by atoms with Gasteiger partial charge in [0, 0.05) is 27.4 Å². The molecule has 0 bridgehead atoms. The minimum absolute atomic E-state index is 0.0701. The molecule has 7 nitrogen and oxygen atoms in total. The lowest BCUT2D eigenvalue weighted by Crippen LogP contribution is -2.04. The van der Waals surface area contributed by atoms with Crippen LogP contribution in [-0.2, 0) is 6.54 Å². The van der Waals surface area contributed by atoms with Gasteiger partial charge in [0.2, 0.25) is 0 Å². The molecule has 0 aliphatic carbocycles. The van der Waals surface area contributed by atoms with Crippen LogP contribution < -0.4 is 0 Å². The van der Waals surface area contributed by atoms with E-state index in [4.69, 9.17) is 0 Å². The van der Waals surface area contributed by atoms with Crippen LogP contribution in [0.15, 0.2) is 22.2 Å². The minimum atomic E-state index is -0.655. The Labute approximate surface area is 120 Å². The number of nitro groups is 1. The van der Waals surface area contributed by atoms with Crippen LogP contribution >= 0.6 is 27.3 Å².